The van der Waals surface area contributed by atoms with Gasteiger partial charge in [0.05, 0.1) is 17.9 Å². The lowest BCUT2D eigenvalue weighted by molar-refractivity contribution is 0.0698. The standard InChI is InChI=1S/C14H19NO4/c1-8(2)7-19-14(18)15-12-10(4)5-9(3)6-11(12)13(16)17/h5-6,8H,7H2,1-4H3,(H,15,18)(H,16,17). The first-order valence-electron chi connectivity index (χ1n) is 6.09. The third kappa shape index (κ3) is 4.28. The summed E-state index contributed by atoms with van der Waals surface area (Å²) in [6.45, 7) is 7.69. The number of nitrogens with one attached hydrogen (secondary N) is 1. The summed E-state index contributed by atoms with van der Waals surface area (Å²) in [5.41, 5.74) is 1.88. The number of anilines is 1. The summed E-state index contributed by atoms with van der Waals surface area (Å²) < 4.78 is 4.98. The number of ether oxygens (including phenoxy) is 1. The molecule has 1 aromatic carbocycles. The van der Waals surface area contributed by atoms with Crippen molar-refractivity contribution < 1.29 is 19.4 Å². The van der Waals surface area contributed by atoms with E-state index in [1.54, 1.807) is 13.8 Å². The van der Waals surface area contributed by atoms with Crippen LogP contribution in [0.2, 0.25) is 0 Å². The maximum atomic E-state index is 11.6. The normalized spacial score (nSPS) is 10.4. The molecule has 1 aromatic rings. The van der Waals surface area contributed by atoms with Gasteiger partial charge in [0, 0.05) is 0 Å². The number of carbonyl (C=O) groups excluding carboxylic acids is 1. The molecule has 0 fully saturated rings. The summed E-state index contributed by atoms with van der Waals surface area (Å²) in [4.78, 5) is 22.8. The van der Waals surface area contributed by atoms with Gasteiger partial charge in [-0.2, -0.15) is 0 Å². The molecule has 0 aliphatic carbocycles. The van der Waals surface area contributed by atoms with Crippen LogP contribution in [-0.2, 0) is 4.74 Å². The van der Waals surface area contributed by atoms with Crippen molar-refractivity contribution in [2.24, 2.45) is 5.92 Å². The maximum absolute atomic E-state index is 11.6. The smallest absolute Gasteiger partial charge is 0.411 e. The van der Waals surface area contributed by atoms with Crippen molar-refractivity contribution in [1.29, 1.82) is 0 Å². The summed E-state index contributed by atoms with van der Waals surface area (Å²) in [5, 5.41) is 11.7. The molecule has 0 aliphatic heterocycles. The van der Waals surface area contributed by atoms with E-state index in [1.165, 1.54) is 6.07 Å². The fourth-order valence-electron chi connectivity index (χ4n) is 1.68. The van der Waals surface area contributed by atoms with Crippen molar-refractivity contribution in [2.45, 2.75) is 27.7 Å². The van der Waals surface area contributed by atoms with Crippen LogP contribution in [0, 0.1) is 19.8 Å². The van der Waals surface area contributed by atoms with Gasteiger partial charge in [0.1, 0.15) is 0 Å². The Balaban J connectivity index is 2.94. The number of rotatable bonds is 4. The van der Waals surface area contributed by atoms with E-state index in [-0.39, 0.29) is 17.2 Å². The van der Waals surface area contributed by atoms with Gasteiger partial charge >= 0.3 is 12.1 Å². The first-order chi connectivity index (χ1) is 8.81. The number of aromatic carboxylic acids is 1. The average molecular weight is 265 g/mol. The Morgan fingerprint density at radius 3 is 2.47 bits per heavy atom. The van der Waals surface area contributed by atoms with Crippen LogP contribution in [0.1, 0.15) is 35.3 Å². The second kappa shape index (κ2) is 6.22. The predicted molar refractivity (Wildman–Crippen MR) is 72.7 cm³/mol. The number of benzene rings is 1. The minimum absolute atomic E-state index is 0.0685. The van der Waals surface area contributed by atoms with Gasteiger partial charge in [0.25, 0.3) is 0 Å². The Bertz CT molecular complexity index is 494. The molecule has 0 aromatic heterocycles. The van der Waals surface area contributed by atoms with E-state index in [0.717, 1.165) is 5.56 Å². The molecule has 0 bridgehead atoms. The van der Waals surface area contributed by atoms with Crippen LogP contribution in [0.15, 0.2) is 12.1 Å². The SMILES string of the molecule is Cc1cc(C)c(NC(=O)OCC(C)C)c(C(=O)O)c1. The topological polar surface area (TPSA) is 75.6 Å². The van der Waals surface area contributed by atoms with E-state index in [2.05, 4.69) is 5.32 Å². The Kier molecular flexibility index (Phi) is 4.92. The van der Waals surface area contributed by atoms with Crippen LogP contribution in [0.3, 0.4) is 0 Å². The van der Waals surface area contributed by atoms with Gasteiger partial charge in [-0.25, -0.2) is 9.59 Å². The molecule has 5 nitrogen and oxygen atoms in total. The summed E-state index contributed by atoms with van der Waals surface area (Å²) in [7, 11) is 0. The zero-order chi connectivity index (χ0) is 14.6. The molecule has 19 heavy (non-hydrogen) atoms. The summed E-state index contributed by atoms with van der Waals surface area (Å²) in [6, 6.07) is 3.33. The zero-order valence-corrected chi connectivity index (χ0v) is 11.6. The number of amides is 1. The molecule has 0 saturated carbocycles. The molecule has 0 saturated heterocycles. The van der Waals surface area contributed by atoms with Crippen LogP contribution < -0.4 is 5.32 Å². The fraction of sp³-hybridized carbons (Fsp3) is 0.429. The van der Waals surface area contributed by atoms with Crippen LogP contribution in [0.4, 0.5) is 10.5 Å². The van der Waals surface area contributed by atoms with Crippen molar-refractivity contribution in [2.75, 3.05) is 11.9 Å². The van der Waals surface area contributed by atoms with Crippen molar-refractivity contribution in [3.05, 3.63) is 28.8 Å². The number of carboxylic acid groups (broad SMARTS) is 1. The monoisotopic (exact) mass is 265 g/mol. The second-order valence-electron chi connectivity index (χ2n) is 4.93. The first-order valence-corrected chi connectivity index (χ1v) is 6.09. The third-order valence-corrected chi connectivity index (χ3v) is 2.49. The highest BCUT2D eigenvalue weighted by atomic mass is 16.5. The van der Waals surface area contributed by atoms with E-state index in [0.29, 0.717) is 12.2 Å². The highest BCUT2D eigenvalue weighted by Gasteiger charge is 2.16. The molecule has 104 valence electrons. The maximum Gasteiger partial charge on any atom is 0.411 e. The Labute approximate surface area is 112 Å². The number of carbonyl (C=O) groups is 2. The van der Waals surface area contributed by atoms with E-state index < -0.39 is 12.1 Å². The van der Waals surface area contributed by atoms with Crippen LogP contribution >= 0.6 is 0 Å². The van der Waals surface area contributed by atoms with Gasteiger partial charge in [-0.3, -0.25) is 5.32 Å². The Morgan fingerprint density at radius 1 is 1.32 bits per heavy atom. The van der Waals surface area contributed by atoms with Crippen molar-refractivity contribution in [1.82, 2.24) is 0 Å². The molecule has 0 heterocycles. The molecule has 0 atom stereocenters. The van der Waals surface area contributed by atoms with Gasteiger partial charge in [0.15, 0.2) is 0 Å². The van der Waals surface area contributed by atoms with E-state index in [9.17, 15) is 9.59 Å². The van der Waals surface area contributed by atoms with Crippen LogP contribution in [0.25, 0.3) is 0 Å². The quantitative estimate of drug-likeness (QED) is 0.876. The van der Waals surface area contributed by atoms with Gasteiger partial charge in [-0.05, 0) is 37.0 Å². The first kappa shape index (κ1) is 15.0. The molecule has 0 aliphatic rings. The van der Waals surface area contributed by atoms with E-state index >= 15 is 0 Å². The van der Waals surface area contributed by atoms with Crippen LogP contribution in [-0.4, -0.2) is 23.8 Å². The van der Waals surface area contributed by atoms with Crippen molar-refractivity contribution in [3.63, 3.8) is 0 Å². The molecular formula is C14H19NO4. The predicted octanol–water partition coefficient (Wildman–Crippen LogP) is 3.21. The van der Waals surface area contributed by atoms with E-state index in [1.807, 2.05) is 19.9 Å². The molecule has 0 radical (unpaired) electrons. The zero-order valence-electron chi connectivity index (χ0n) is 11.6. The molecular weight excluding hydrogens is 246 g/mol. The minimum Gasteiger partial charge on any atom is -0.478 e. The molecule has 0 unspecified atom stereocenters. The Hall–Kier alpha value is -2.04. The Morgan fingerprint density at radius 2 is 1.95 bits per heavy atom. The lowest BCUT2D eigenvalue weighted by atomic mass is 10.0. The fourth-order valence-corrected chi connectivity index (χ4v) is 1.68. The lowest BCUT2D eigenvalue weighted by Crippen LogP contribution is -2.19. The molecule has 0 spiro atoms. The average Bonchev–Trinajstić information content (AvgIpc) is 2.29. The largest absolute Gasteiger partial charge is 0.478 e. The lowest BCUT2D eigenvalue weighted by Gasteiger charge is -2.13. The van der Waals surface area contributed by atoms with Crippen LogP contribution in [0.5, 0.6) is 0 Å². The third-order valence-electron chi connectivity index (χ3n) is 2.49. The number of hydrogen-bond acceptors (Lipinski definition) is 3. The van der Waals surface area contributed by atoms with Crippen molar-refractivity contribution in [3.8, 4) is 0 Å². The van der Waals surface area contributed by atoms with Gasteiger partial charge in [-0.1, -0.05) is 19.9 Å². The highest BCUT2D eigenvalue weighted by molar-refractivity contribution is 6.00. The van der Waals surface area contributed by atoms with Gasteiger partial charge in [0.2, 0.25) is 0 Å². The number of carboxylic acids is 1. The summed E-state index contributed by atoms with van der Waals surface area (Å²) >= 11 is 0. The molecule has 1 rings (SSSR count). The summed E-state index contributed by atoms with van der Waals surface area (Å²) in [5.74, 6) is -0.852. The summed E-state index contributed by atoms with van der Waals surface area (Å²) in [6.07, 6.45) is -0.636. The van der Waals surface area contributed by atoms with Gasteiger partial charge in [-0.15, -0.1) is 0 Å². The number of aryl methyl sites for hydroxylation is 2. The minimum atomic E-state index is -1.08. The molecule has 2 N–H and O–H groups in total. The molecule has 1 amide bonds. The highest BCUT2D eigenvalue weighted by Crippen LogP contribution is 2.23. The molecule has 5 heteroatoms. The number of hydrogen-bond donors (Lipinski definition) is 2. The van der Waals surface area contributed by atoms with Gasteiger partial charge < -0.3 is 9.84 Å². The second-order valence-corrected chi connectivity index (χ2v) is 4.93. The van der Waals surface area contributed by atoms with Crippen molar-refractivity contribution >= 4 is 17.7 Å². The van der Waals surface area contributed by atoms with E-state index in [4.69, 9.17) is 9.84 Å².